The van der Waals surface area contributed by atoms with Crippen LogP contribution in [0, 0.1) is 128 Å². The molecule has 0 saturated heterocycles. The number of nitriles is 1. The molecule has 0 aliphatic heterocycles. The van der Waals surface area contributed by atoms with Gasteiger partial charge >= 0.3 is 11.9 Å². The SMILES string of the molecule is CC[C@H]1[C@@H](OC(C)=O)[C@@H]2[C@H](CC[C@]3(C)[C@@H]([C@H](C)CCCCCC#N)CC[C@@H]23)[C@@]2(C)CC[C@@H](C)C[C@@H]12.CC[C@H]1[C@@H](OC(C)=O)[C@@H]2[C@H](CC[C@]3(C)[C@@H]([C@H](C)CCCCCc4nn[nH]n4)CC[C@@H]23)[C@@]2(C)CC[C@@H](C)C[C@@H]12. The van der Waals surface area contributed by atoms with E-state index in [2.05, 4.69) is 95.9 Å². The lowest BCUT2D eigenvalue weighted by molar-refractivity contribution is -0.214. The molecule has 0 bridgehead atoms. The predicted octanol–water partition coefficient (Wildman–Crippen LogP) is 16.0. The molecule has 0 unspecified atom stereocenters. The third kappa shape index (κ3) is 11.0. The van der Waals surface area contributed by atoms with Gasteiger partial charge in [-0.15, -0.1) is 10.2 Å². The Labute approximate surface area is 445 Å². The molecule has 0 spiro atoms. The van der Waals surface area contributed by atoms with Gasteiger partial charge in [0.15, 0.2) is 5.82 Å². The Morgan fingerprint density at radius 3 is 1.47 bits per heavy atom. The van der Waals surface area contributed by atoms with Crippen molar-refractivity contribution in [3.05, 3.63) is 5.82 Å². The molecule has 8 aliphatic carbocycles. The molecule has 9 nitrogen and oxygen atoms in total. The molecule has 8 saturated carbocycles. The van der Waals surface area contributed by atoms with Crippen LogP contribution in [0.25, 0.3) is 0 Å². The van der Waals surface area contributed by atoms with Crippen LogP contribution in [-0.4, -0.2) is 44.8 Å². The van der Waals surface area contributed by atoms with E-state index in [1.165, 1.54) is 128 Å². The number of fused-ring (bicyclic) bond motifs is 10. The maximum atomic E-state index is 12.5. The molecule has 0 aromatic carbocycles. The van der Waals surface area contributed by atoms with E-state index in [-0.39, 0.29) is 24.1 Å². The largest absolute Gasteiger partial charge is 0.462 e. The van der Waals surface area contributed by atoms with Gasteiger partial charge in [0.1, 0.15) is 12.2 Å². The Morgan fingerprint density at radius 1 is 0.616 bits per heavy atom. The molecule has 8 aliphatic rings. The first-order chi connectivity index (χ1) is 34.9. The highest BCUT2D eigenvalue weighted by Gasteiger charge is 2.67. The first kappa shape index (κ1) is 56.7. The summed E-state index contributed by atoms with van der Waals surface area (Å²) in [6.07, 6.45) is 32.8. The standard InChI is InChI=1S/C32H54N4O2.C32H53NO2/c1-7-23-27-19-20(2)15-17-32(27,6)26-16-18-31(5)24(13-14-25(31)29(26)30(23)38-22(4)37)21(3)11-9-8-10-12-28-33-35-36-34-28;1-7-24-28-20-21(2)15-17-32(28,6)27-16-18-31(5)25(22(3)12-10-8-9-11-19-33)13-14-26(31)29(27)30(24)35-23(4)34/h20-21,23-27,29-30H,7-19H2,1-6H3,(H,33,34,35,36);21-22,24-30H,7-18,20H2,1-6H3/t20-,21-,23-,24-,25+,26+,27+,29+,30-,31-,32-;21-,22-,24-,25-,26+,27+,28+,29+,30-,31-,32-/m11/s1. The third-order valence-electron chi connectivity index (χ3n) is 24.8. The van der Waals surface area contributed by atoms with Crippen molar-refractivity contribution < 1.29 is 19.1 Å². The number of aromatic nitrogens is 4. The summed E-state index contributed by atoms with van der Waals surface area (Å²) < 4.78 is 12.8. The van der Waals surface area contributed by atoms with Crippen molar-refractivity contribution >= 4 is 11.9 Å². The maximum absolute atomic E-state index is 12.5. The molecule has 1 aromatic rings. The topological polar surface area (TPSA) is 131 Å². The number of H-pyrrole nitrogens is 1. The first-order valence-electron chi connectivity index (χ1n) is 31.3. The van der Waals surface area contributed by atoms with Gasteiger partial charge in [0.25, 0.3) is 0 Å². The van der Waals surface area contributed by atoms with E-state index in [1.807, 2.05) is 0 Å². The molecular weight excluding hydrogens is 903 g/mol. The summed E-state index contributed by atoms with van der Waals surface area (Å²) in [6.45, 7) is 28.5. The molecule has 0 radical (unpaired) electrons. The van der Waals surface area contributed by atoms with E-state index in [0.29, 0.717) is 87.3 Å². The third-order valence-corrected chi connectivity index (χ3v) is 24.8. The van der Waals surface area contributed by atoms with Crippen LogP contribution in [0.1, 0.15) is 249 Å². The number of aromatic amines is 1. The lowest BCUT2D eigenvalue weighted by Crippen LogP contribution is -2.62. The van der Waals surface area contributed by atoms with Gasteiger partial charge < -0.3 is 9.47 Å². The highest BCUT2D eigenvalue weighted by atomic mass is 16.5. The number of carbonyl (C=O) groups is 2. The summed E-state index contributed by atoms with van der Waals surface area (Å²) in [6, 6.07) is 2.30. The molecule has 73 heavy (non-hydrogen) atoms. The van der Waals surface area contributed by atoms with Crippen molar-refractivity contribution in [2.75, 3.05) is 0 Å². The number of nitrogens with zero attached hydrogens (tertiary/aromatic N) is 4. The fraction of sp³-hybridized carbons (Fsp3) is 0.938. The van der Waals surface area contributed by atoms with Gasteiger partial charge in [-0.25, -0.2) is 0 Å². The summed E-state index contributed by atoms with van der Waals surface area (Å²) >= 11 is 0. The molecule has 1 N–H and O–H groups in total. The lowest BCUT2D eigenvalue weighted by Gasteiger charge is -2.65. The summed E-state index contributed by atoms with van der Waals surface area (Å²) in [7, 11) is 0. The van der Waals surface area contributed by atoms with Crippen LogP contribution in [0.4, 0.5) is 0 Å². The van der Waals surface area contributed by atoms with E-state index in [0.717, 1.165) is 73.4 Å². The van der Waals surface area contributed by atoms with Gasteiger partial charge in [0.2, 0.25) is 0 Å². The molecule has 412 valence electrons. The monoisotopic (exact) mass is 1010 g/mol. The summed E-state index contributed by atoms with van der Waals surface area (Å²) in [4.78, 5) is 25.0. The normalized spacial score (nSPS) is 44.3. The second kappa shape index (κ2) is 23.6. The van der Waals surface area contributed by atoms with Crippen molar-refractivity contribution in [1.29, 1.82) is 5.26 Å². The Balaban J connectivity index is 0.000000196. The number of ether oxygens (including phenoxy) is 2. The number of hydrogen-bond acceptors (Lipinski definition) is 8. The van der Waals surface area contributed by atoms with E-state index >= 15 is 0 Å². The van der Waals surface area contributed by atoms with Crippen molar-refractivity contribution in [3.8, 4) is 6.07 Å². The van der Waals surface area contributed by atoms with Crippen molar-refractivity contribution in [1.82, 2.24) is 20.6 Å². The van der Waals surface area contributed by atoms with E-state index < -0.39 is 0 Å². The zero-order valence-electron chi connectivity index (χ0n) is 48.7. The van der Waals surface area contributed by atoms with Crippen LogP contribution in [0.3, 0.4) is 0 Å². The van der Waals surface area contributed by atoms with Crippen molar-refractivity contribution in [3.63, 3.8) is 0 Å². The number of hydrogen-bond donors (Lipinski definition) is 1. The van der Waals surface area contributed by atoms with Gasteiger partial charge in [-0.3, -0.25) is 9.59 Å². The van der Waals surface area contributed by atoms with E-state index in [4.69, 9.17) is 14.7 Å². The fourth-order valence-corrected chi connectivity index (χ4v) is 21.4. The predicted molar refractivity (Wildman–Crippen MR) is 292 cm³/mol. The number of esters is 2. The zero-order chi connectivity index (χ0) is 52.5. The minimum atomic E-state index is -0.0628. The van der Waals surface area contributed by atoms with Crippen LogP contribution < -0.4 is 0 Å². The van der Waals surface area contributed by atoms with E-state index in [9.17, 15) is 9.59 Å². The van der Waals surface area contributed by atoms with Crippen LogP contribution >= 0.6 is 0 Å². The Morgan fingerprint density at radius 2 is 1.05 bits per heavy atom. The Bertz CT molecular complexity index is 2000. The van der Waals surface area contributed by atoms with E-state index in [1.54, 1.807) is 13.8 Å². The summed E-state index contributed by atoms with van der Waals surface area (Å²) in [5, 5.41) is 23.3. The molecule has 0 amide bonds. The van der Waals surface area contributed by atoms with Crippen molar-refractivity contribution in [2.24, 2.45) is 116 Å². The zero-order valence-corrected chi connectivity index (χ0v) is 48.7. The molecule has 9 rings (SSSR count). The lowest BCUT2D eigenvalue weighted by atomic mass is 9.41. The smallest absolute Gasteiger partial charge is 0.302 e. The fourth-order valence-electron chi connectivity index (χ4n) is 21.4. The number of nitrogens with one attached hydrogen (secondary N) is 1. The number of tetrazole rings is 1. The van der Waals surface area contributed by atoms with Crippen LogP contribution in [0.15, 0.2) is 0 Å². The quantitative estimate of drug-likeness (QED) is 0.121. The van der Waals surface area contributed by atoms with Gasteiger partial charge in [0, 0.05) is 38.5 Å². The number of rotatable bonds is 17. The molecule has 9 heteroatoms. The van der Waals surface area contributed by atoms with Crippen molar-refractivity contribution in [2.45, 2.75) is 262 Å². The van der Waals surface area contributed by atoms with Gasteiger partial charge in [-0.2, -0.15) is 10.5 Å². The second-order valence-corrected chi connectivity index (χ2v) is 28.5. The number of carbonyl (C=O) groups excluding carboxylic acids is 2. The Hall–Kier alpha value is -2.50. The molecule has 1 heterocycles. The molecular formula is C64H107N5O4. The minimum absolute atomic E-state index is 0.0596. The number of aryl methyl sites for hydroxylation is 1. The average Bonchev–Trinajstić information content (AvgIpc) is 4.09. The highest BCUT2D eigenvalue weighted by molar-refractivity contribution is 5.66. The molecule has 8 fully saturated rings. The van der Waals surface area contributed by atoms with Gasteiger partial charge in [-0.1, -0.05) is 126 Å². The average molecular weight is 1010 g/mol. The van der Waals surface area contributed by atoms with Gasteiger partial charge in [0.05, 0.1) is 6.07 Å². The van der Waals surface area contributed by atoms with Crippen LogP contribution in [0.5, 0.6) is 0 Å². The van der Waals surface area contributed by atoms with Gasteiger partial charge in [-0.05, 0) is 207 Å². The minimum Gasteiger partial charge on any atom is -0.462 e. The molecule has 1 aromatic heterocycles. The summed E-state index contributed by atoms with van der Waals surface area (Å²) in [5.41, 5.74) is 1.60. The summed E-state index contributed by atoms with van der Waals surface area (Å²) in [5.74, 6) is 11.8. The first-order valence-corrected chi connectivity index (χ1v) is 31.3. The molecule has 22 atom stereocenters. The Kier molecular flexibility index (Phi) is 18.3. The van der Waals surface area contributed by atoms with Crippen LogP contribution in [0.2, 0.25) is 0 Å². The maximum Gasteiger partial charge on any atom is 0.302 e. The second-order valence-electron chi connectivity index (χ2n) is 28.5. The number of unbranched alkanes of at least 4 members (excludes halogenated alkanes) is 5. The highest BCUT2D eigenvalue weighted by Crippen LogP contribution is 2.72. The van der Waals surface area contributed by atoms with Crippen LogP contribution in [-0.2, 0) is 25.5 Å².